The fraction of sp³-hybridized carbons (Fsp3) is 0.636. The number of hydrogen-bond acceptors (Lipinski definition) is 4. The maximum Gasteiger partial charge on any atom is 0.424 e. The molecular weight excluding hydrogens is 279 g/mol. The van der Waals surface area contributed by atoms with Crippen molar-refractivity contribution in [1.82, 2.24) is 14.5 Å². The number of nitrogens with zero attached hydrogens (tertiary/aromatic N) is 3. The van der Waals surface area contributed by atoms with Crippen molar-refractivity contribution < 1.29 is 27.8 Å². The van der Waals surface area contributed by atoms with Crippen LogP contribution in [-0.4, -0.2) is 45.5 Å². The van der Waals surface area contributed by atoms with E-state index in [1.54, 1.807) is 0 Å². The lowest BCUT2D eigenvalue weighted by Crippen LogP contribution is -2.44. The van der Waals surface area contributed by atoms with Crippen molar-refractivity contribution in [2.24, 2.45) is 0 Å². The molecule has 112 valence electrons. The number of imidazole rings is 1. The molecule has 2 heterocycles. The van der Waals surface area contributed by atoms with Gasteiger partial charge >= 0.3 is 12.3 Å². The van der Waals surface area contributed by atoms with Crippen LogP contribution in [0.25, 0.3) is 0 Å². The minimum Gasteiger partial charge on any atom is -0.453 e. The number of halogens is 3. The highest BCUT2D eigenvalue weighted by Crippen LogP contribution is 2.38. The van der Waals surface area contributed by atoms with Gasteiger partial charge in [0.15, 0.2) is 0 Å². The summed E-state index contributed by atoms with van der Waals surface area (Å²) in [5.41, 5.74) is -2.61. The standard InChI is InChI=1S/C11H14F3N3O3/c1-10(19,11(12,13)14)8-15-5-7-6-16(9(18)20-2)3-4-17(7)8/h5,19H,3-4,6H2,1-2H3/t10-/m1/s1. The van der Waals surface area contributed by atoms with E-state index in [1.165, 1.54) is 22.8 Å². The summed E-state index contributed by atoms with van der Waals surface area (Å²) in [6, 6.07) is 0. The van der Waals surface area contributed by atoms with Crippen LogP contribution in [-0.2, 0) is 23.4 Å². The van der Waals surface area contributed by atoms with E-state index in [0.29, 0.717) is 12.6 Å². The molecule has 1 aliphatic rings. The van der Waals surface area contributed by atoms with Gasteiger partial charge in [0.2, 0.25) is 5.60 Å². The number of carbonyl (C=O) groups is 1. The van der Waals surface area contributed by atoms with E-state index in [4.69, 9.17) is 0 Å². The number of hydrogen-bond donors (Lipinski definition) is 1. The molecule has 0 saturated heterocycles. The molecule has 0 saturated carbocycles. The number of fused-ring (bicyclic) bond motifs is 1. The summed E-state index contributed by atoms with van der Waals surface area (Å²) in [5, 5.41) is 9.67. The van der Waals surface area contributed by atoms with Crippen molar-refractivity contribution in [1.29, 1.82) is 0 Å². The van der Waals surface area contributed by atoms with Gasteiger partial charge in [0.1, 0.15) is 5.82 Å². The fourth-order valence-electron chi connectivity index (χ4n) is 2.08. The Morgan fingerprint density at radius 2 is 2.10 bits per heavy atom. The molecule has 9 heteroatoms. The normalized spacial score (nSPS) is 18.4. The topological polar surface area (TPSA) is 67.6 Å². The van der Waals surface area contributed by atoms with Gasteiger partial charge in [-0.05, 0) is 6.92 Å². The summed E-state index contributed by atoms with van der Waals surface area (Å²) in [6.45, 7) is 1.06. The van der Waals surface area contributed by atoms with Crippen LogP contribution >= 0.6 is 0 Å². The number of carbonyl (C=O) groups excluding carboxylic acids is 1. The van der Waals surface area contributed by atoms with Crippen LogP contribution in [0.5, 0.6) is 0 Å². The monoisotopic (exact) mass is 293 g/mol. The van der Waals surface area contributed by atoms with Crippen molar-refractivity contribution in [3.8, 4) is 0 Å². The molecule has 2 rings (SSSR count). The van der Waals surface area contributed by atoms with Crippen LogP contribution in [0.1, 0.15) is 18.4 Å². The SMILES string of the molecule is COC(=O)N1CCn2c(cnc2[C@@](C)(O)C(F)(F)F)C1. The Hall–Kier alpha value is -1.77. The van der Waals surface area contributed by atoms with E-state index in [2.05, 4.69) is 9.72 Å². The van der Waals surface area contributed by atoms with Gasteiger partial charge in [0.25, 0.3) is 0 Å². The van der Waals surface area contributed by atoms with Gasteiger partial charge in [-0.25, -0.2) is 9.78 Å². The lowest BCUT2D eigenvalue weighted by molar-refractivity contribution is -0.262. The highest BCUT2D eigenvalue weighted by Gasteiger charge is 2.54. The molecule has 0 radical (unpaired) electrons. The van der Waals surface area contributed by atoms with Crippen LogP contribution < -0.4 is 0 Å². The maximum absolute atomic E-state index is 12.8. The van der Waals surface area contributed by atoms with Gasteiger partial charge in [-0.15, -0.1) is 0 Å². The average Bonchev–Trinajstić information content (AvgIpc) is 2.79. The molecule has 6 nitrogen and oxygen atoms in total. The number of ether oxygens (including phenoxy) is 1. The fourth-order valence-corrected chi connectivity index (χ4v) is 2.08. The van der Waals surface area contributed by atoms with E-state index < -0.39 is 23.7 Å². The second kappa shape index (κ2) is 4.65. The van der Waals surface area contributed by atoms with Crippen LogP contribution in [0.2, 0.25) is 0 Å². The second-order valence-corrected chi connectivity index (χ2v) is 4.69. The third-order valence-electron chi connectivity index (χ3n) is 3.30. The van der Waals surface area contributed by atoms with E-state index in [0.717, 1.165) is 0 Å². The van der Waals surface area contributed by atoms with Gasteiger partial charge in [-0.3, -0.25) is 0 Å². The van der Waals surface area contributed by atoms with Gasteiger partial charge in [-0.2, -0.15) is 13.2 Å². The van der Waals surface area contributed by atoms with E-state index >= 15 is 0 Å². The van der Waals surface area contributed by atoms with Gasteiger partial charge in [-0.1, -0.05) is 0 Å². The first kappa shape index (κ1) is 14.6. The molecule has 0 unspecified atom stereocenters. The Bertz CT molecular complexity index is 525. The maximum atomic E-state index is 12.8. The van der Waals surface area contributed by atoms with Crippen molar-refractivity contribution in [3.05, 3.63) is 17.7 Å². The molecule has 0 aromatic carbocycles. The highest BCUT2D eigenvalue weighted by atomic mass is 19.4. The highest BCUT2D eigenvalue weighted by molar-refractivity contribution is 5.67. The summed E-state index contributed by atoms with van der Waals surface area (Å²) in [4.78, 5) is 16.4. The van der Waals surface area contributed by atoms with Crippen LogP contribution in [0, 0.1) is 0 Å². The van der Waals surface area contributed by atoms with Crippen LogP contribution in [0.4, 0.5) is 18.0 Å². The number of amides is 1. The molecule has 0 spiro atoms. The second-order valence-electron chi connectivity index (χ2n) is 4.69. The third-order valence-corrected chi connectivity index (χ3v) is 3.30. The molecule has 1 aliphatic heterocycles. The van der Waals surface area contributed by atoms with E-state index in [9.17, 15) is 23.1 Å². The summed E-state index contributed by atoms with van der Waals surface area (Å²) >= 11 is 0. The van der Waals surface area contributed by atoms with Gasteiger partial charge in [0, 0.05) is 13.1 Å². The molecule has 1 aromatic heterocycles. The van der Waals surface area contributed by atoms with Crippen molar-refractivity contribution in [3.63, 3.8) is 0 Å². The smallest absolute Gasteiger partial charge is 0.424 e. The minimum absolute atomic E-state index is 0.0909. The zero-order chi connectivity index (χ0) is 15.1. The lowest BCUT2D eigenvalue weighted by atomic mass is 10.1. The number of alkyl halides is 3. The first-order chi connectivity index (χ1) is 9.18. The molecule has 0 fully saturated rings. The molecule has 0 bridgehead atoms. The zero-order valence-corrected chi connectivity index (χ0v) is 10.9. The van der Waals surface area contributed by atoms with Crippen LogP contribution in [0.15, 0.2) is 6.20 Å². The Kier molecular flexibility index (Phi) is 3.41. The molecule has 20 heavy (non-hydrogen) atoms. The van der Waals surface area contributed by atoms with Crippen LogP contribution in [0.3, 0.4) is 0 Å². The molecule has 0 aliphatic carbocycles. The number of methoxy groups -OCH3 is 1. The predicted molar refractivity (Wildman–Crippen MR) is 60.7 cm³/mol. The van der Waals surface area contributed by atoms with E-state index in [-0.39, 0.29) is 19.6 Å². The largest absolute Gasteiger partial charge is 0.453 e. The summed E-state index contributed by atoms with van der Waals surface area (Å²) in [6.07, 6.45) is -4.15. The molecule has 1 N–H and O–H groups in total. The average molecular weight is 293 g/mol. The van der Waals surface area contributed by atoms with Gasteiger partial charge < -0.3 is 19.3 Å². The molecule has 1 atom stereocenters. The first-order valence-electron chi connectivity index (χ1n) is 5.85. The lowest BCUT2D eigenvalue weighted by Gasteiger charge is -2.31. The Morgan fingerprint density at radius 1 is 1.45 bits per heavy atom. The van der Waals surface area contributed by atoms with Crippen molar-refractivity contribution in [2.75, 3.05) is 13.7 Å². The zero-order valence-electron chi connectivity index (χ0n) is 10.9. The summed E-state index contributed by atoms with van der Waals surface area (Å²) in [5.74, 6) is -0.468. The summed E-state index contributed by atoms with van der Waals surface area (Å²) in [7, 11) is 1.23. The Balaban J connectivity index is 2.32. The molecule has 1 aromatic rings. The molecule has 1 amide bonds. The minimum atomic E-state index is -4.82. The Morgan fingerprint density at radius 3 is 2.65 bits per heavy atom. The summed E-state index contributed by atoms with van der Waals surface area (Å²) < 4.78 is 44.4. The molecular formula is C11H14F3N3O3. The van der Waals surface area contributed by atoms with Crippen molar-refractivity contribution in [2.45, 2.75) is 31.8 Å². The quantitative estimate of drug-likeness (QED) is 0.846. The van der Waals surface area contributed by atoms with Crippen molar-refractivity contribution >= 4 is 6.09 Å². The first-order valence-corrected chi connectivity index (χ1v) is 5.85. The third kappa shape index (κ3) is 2.21. The number of aromatic nitrogens is 2. The van der Waals surface area contributed by atoms with E-state index in [1.807, 2.05) is 0 Å². The van der Waals surface area contributed by atoms with Gasteiger partial charge in [0.05, 0.1) is 25.5 Å². The number of aliphatic hydroxyl groups is 1. The predicted octanol–water partition coefficient (Wildman–Crippen LogP) is 1.23. The Labute approximate surface area is 112 Å². The number of rotatable bonds is 1.